The maximum absolute atomic E-state index is 13.9. The number of hydrogen-bond acceptors (Lipinski definition) is 6. The maximum atomic E-state index is 13.9. The number of carbonyl (C=O) groups excluding carboxylic acids is 2. The van der Waals surface area contributed by atoms with Gasteiger partial charge < -0.3 is 20.1 Å². The minimum Gasteiger partial charge on any atom is -0.459 e. The van der Waals surface area contributed by atoms with Crippen LogP contribution >= 0.6 is 0 Å². The van der Waals surface area contributed by atoms with Gasteiger partial charge >= 0.3 is 11.9 Å². The molecule has 3 aliphatic rings. The van der Waals surface area contributed by atoms with Crippen LogP contribution in [0.5, 0.6) is 0 Å². The molecule has 250 valence electrons. The Morgan fingerprint density at radius 2 is 1.11 bits per heavy atom. The first-order valence-electron chi connectivity index (χ1n) is 17.3. The normalized spacial score (nSPS) is 23.2. The molecule has 2 saturated heterocycles. The summed E-state index contributed by atoms with van der Waals surface area (Å²) in [6.45, 7) is 19.5. The van der Waals surface area contributed by atoms with Crippen molar-refractivity contribution in [3.63, 3.8) is 0 Å². The van der Waals surface area contributed by atoms with E-state index in [1.165, 1.54) is 0 Å². The number of hydrogen-bond donors (Lipinski definition) is 2. The SMILES string of the molecule is CC1CC=Cc2c(-c3ccc(C(=O)OC4CC(C)(C)NC(C)(C)C4)c4ccccc34)ccc(C(=O)OC3CC(C)(C)NC(C)(C)C3)c21. The Balaban J connectivity index is 1.34. The Bertz CT molecular complexity index is 1720. The molecule has 3 aromatic carbocycles. The second-order valence-corrected chi connectivity index (χ2v) is 16.9. The van der Waals surface area contributed by atoms with Crippen LogP contribution in [0.1, 0.15) is 132 Å². The quantitative estimate of drug-likeness (QED) is 0.272. The lowest BCUT2D eigenvalue weighted by Gasteiger charge is -2.46. The minimum absolute atomic E-state index is 0.119. The van der Waals surface area contributed by atoms with E-state index in [9.17, 15) is 9.59 Å². The highest BCUT2D eigenvalue weighted by Gasteiger charge is 2.41. The molecule has 0 amide bonds. The van der Waals surface area contributed by atoms with Crippen LogP contribution in [0.2, 0.25) is 0 Å². The van der Waals surface area contributed by atoms with E-state index in [2.05, 4.69) is 91.2 Å². The number of ether oxygens (including phenoxy) is 2. The van der Waals surface area contributed by atoms with E-state index >= 15 is 0 Å². The Morgan fingerprint density at radius 1 is 0.638 bits per heavy atom. The molecular formula is C41H52N2O4. The standard InChI is InChI=1S/C41H52N2O4/c1-25-13-12-16-32-31(18-20-34(35(25)32)37(45)47-27-23-40(6,7)43-41(8,9)24-27)30-17-19-33(29-15-11-10-14-28(29)30)36(44)46-26-21-38(2,3)42-39(4,5)22-26/h10-12,14-20,25-27,42-43H,13,21-24H2,1-9H3. The summed E-state index contributed by atoms with van der Waals surface area (Å²) < 4.78 is 12.4. The van der Waals surface area contributed by atoms with Gasteiger partial charge in [0.1, 0.15) is 12.2 Å². The molecule has 0 radical (unpaired) electrons. The third-order valence-corrected chi connectivity index (χ3v) is 10.1. The molecule has 0 spiro atoms. The van der Waals surface area contributed by atoms with Crippen LogP contribution in [0.3, 0.4) is 0 Å². The molecule has 1 atom stereocenters. The topological polar surface area (TPSA) is 76.7 Å². The summed E-state index contributed by atoms with van der Waals surface area (Å²) in [4.78, 5) is 27.6. The molecule has 6 heteroatoms. The smallest absolute Gasteiger partial charge is 0.339 e. The maximum Gasteiger partial charge on any atom is 0.339 e. The van der Waals surface area contributed by atoms with E-state index in [0.29, 0.717) is 11.1 Å². The lowest BCUT2D eigenvalue weighted by molar-refractivity contribution is -0.00765. The summed E-state index contributed by atoms with van der Waals surface area (Å²) in [5.74, 6) is -0.373. The van der Waals surface area contributed by atoms with Crippen LogP contribution in [0.25, 0.3) is 28.0 Å². The van der Waals surface area contributed by atoms with Crippen LogP contribution in [0.15, 0.2) is 54.6 Å². The van der Waals surface area contributed by atoms with Crippen LogP contribution < -0.4 is 10.6 Å². The first-order chi connectivity index (χ1) is 21.9. The highest BCUT2D eigenvalue weighted by Crippen LogP contribution is 2.42. The number of rotatable bonds is 5. The monoisotopic (exact) mass is 636 g/mol. The predicted octanol–water partition coefficient (Wildman–Crippen LogP) is 8.96. The molecule has 2 aliphatic heterocycles. The van der Waals surface area contributed by atoms with Crippen molar-refractivity contribution in [1.82, 2.24) is 10.6 Å². The third-order valence-electron chi connectivity index (χ3n) is 10.1. The van der Waals surface area contributed by atoms with Crippen molar-refractivity contribution in [2.24, 2.45) is 0 Å². The Kier molecular flexibility index (Phi) is 8.45. The van der Waals surface area contributed by atoms with E-state index in [4.69, 9.17) is 9.47 Å². The number of nitrogens with one attached hydrogen (secondary N) is 2. The van der Waals surface area contributed by atoms with E-state index in [1.807, 2.05) is 42.5 Å². The van der Waals surface area contributed by atoms with Crippen molar-refractivity contribution in [3.05, 3.63) is 76.9 Å². The van der Waals surface area contributed by atoms with Gasteiger partial charge in [-0.2, -0.15) is 0 Å². The largest absolute Gasteiger partial charge is 0.459 e. The van der Waals surface area contributed by atoms with Gasteiger partial charge in [-0.25, -0.2) is 9.59 Å². The summed E-state index contributed by atoms with van der Waals surface area (Å²) >= 11 is 0. The molecule has 47 heavy (non-hydrogen) atoms. The van der Waals surface area contributed by atoms with Crippen molar-refractivity contribution >= 4 is 28.8 Å². The van der Waals surface area contributed by atoms with E-state index in [1.54, 1.807) is 0 Å². The molecule has 1 unspecified atom stereocenters. The first-order valence-corrected chi connectivity index (χ1v) is 17.3. The number of benzene rings is 3. The average Bonchev–Trinajstić information content (AvgIpc) is 2.93. The molecule has 6 rings (SSSR count). The summed E-state index contributed by atoms with van der Waals surface area (Å²) in [6.07, 6.45) is 7.94. The molecule has 0 saturated carbocycles. The fourth-order valence-electron chi connectivity index (χ4n) is 9.03. The zero-order valence-corrected chi connectivity index (χ0v) is 29.7. The summed E-state index contributed by atoms with van der Waals surface area (Å²) in [6, 6.07) is 16.0. The molecule has 2 N–H and O–H groups in total. The van der Waals surface area contributed by atoms with E-state index in [0.717, 1.165) is 65.1 Å². The molecule has 0 aromatic heterocycles. The van der Waals surface area contributed by atoms with Gasteiger partial charge in [0.2, 0.25) is 0 Å². The van der Waals surface area contributed by atoms with Gasteiger partial charge in [0.05, 0.1) is 11.1 Å². The minimum atomic E-state index is -0.288. The highest BCUT2D eigenvalue weighted by atomic mass is 16.5. The van der Waals surface area contributed by atoms with Gasteiger partial charge in [-0.3, -0.25) is 0 Å². The number of esters is 2. The van der Waals surface area contributed by atoms with Gasteiger partial charge in [-0.1, -0.05) is 55.5 Å². The Morgan fingerprint density at radius 3 is 1.66 bits per heavy atom. The van der Waals surface area contributed by atoms with E-state index in [-0.39, 0.29) is 52.2 Å². The van der Waals surface area contributed by atoms with Crippen LogP contribution in [0, 0.1) is 0 Å². The lowest BCUT2D eigenvalue weighted by Crippen LogP contribution is -2.59. The Hall–Kier alpha value is -3.48. The second-order valence-electron chi connectivity index (χ2n) is 16.9. The molecular weight excluding hydrogens is 584 g/mol. The van der Waals surface area contributed by atoms with Crippen LogP contribution in [-0.2, 0) is 9.47 Å². The summed E-state index contributed by atoms with van der Waals surface area (Å²) in [5.41, 5.74) is 4.88. The number of carbonyl (C=O) groups is 2. The molecule has 1 aliphatic carbocycles. The second kappa shape index (κ2) is 11.9. The fraction of sp³-hybridized carbons (Fsp3) is 0.512. The molecule has 2 fully saturated rings. The zero-order chi connectivity index (χ0) is 33.9. The van der Waals surface area contributed by atoms with Gasteiger partial charge in [-0.15, -0.1) is 0 Å². The predicted molar refractivity (Wildman–Crippen MR) is 191 cm³/mol. The third kappa shape index (κ3) is 7.05. The molecule has 0 bridgehead atoms. The first kappa shape index (κ1) is 33.4. The van der Waals surface area contributed by atoms with Crippen molar-refractivity contribution in [3.8, 4) is 11.1 Å². The summed E-state index contributed by atoms with van der Waals surface area (Å²) in [7, 11) is 0. The van der Waals surface area contributed by atoms with Gasteiger partial charge in [0, 0.05) is 47.8 Å². The Labute approximate surface area is 280 Å². The summed E-state index contributed by atoms with van der Waals surface area (Å²) in [5, 5.41) is 9.19. The average molecular weight is 637 g/mol. The van der Waals surface area contributed by atoms with Crippen molar-refractivity contribution < 1.29 is 19.1 Å². The van der Waals surface area contributed by atoms with Gasteiger partial charge in [-0.05, 0) is 113 Å². The molecule has 3 aromatic rings. The number of piperidine rings is 2. The zero-order valence-electron chi connectivity index (χ0n) is 29.7. The fourth-order valence-corrected chi connectivity index (χ4v) is 9.03. The molecule has 2 heterocycles. The van der Waals surface area contributed by atoms with Gasteiger partial charge in [0.25, 0.3) is 0 Å². The van der Waals surface area contributed by atoms with Gasteiger partial charge in [0.15, 0.2) is 0 Å². The highest BCUT2D eigenvalue weighted by molar-refractivity contribution is 6.10. The number of allylic oxidation sites excluding steroid dienone is 1. The van der Waals surface area contributed by atoms with E-state index < -0.39 is 0 Å². The lowest BCUT2D eigenvalue weighted by atomic mass is 9.80. The van der Waals surface area contributed by atoms with Crippen LogP contribution in [0.4, 0.5) is 0 Å². The number of fused-ring (bicyclic) bond motifs is 2. The van der Waals surface area contributed by atoms with Crippen molar-refractivity contribution in [1.29, 1.82) is 0 Å². The molecule has 6 nitrogen and oxygen atoms in total. The van der Waals surface area contributed by atoms with Crippen LogP contribution in [-0.4, -0.2) is 46.3 Å². The van der Waals surface area contributed by atoms with Crippen molar-refractivity contribution in [2.45, 2.75) is 135 Å². The van der Waals surface area contributed by atoms with Crippen molar-refractivity contribution in [2.75, 3.05) is 0 Å².